The third-order valence-electron chi connectivity index (χ3n) is 9.61. The van der Waals surface area contributed by atoms with Crippen molar-refractivity contribution in [2.45, 2.75) is 77.8 Å². The Morgan fingerprint density at radius 1 is 0.882 bits per heavy atom. The minimum atomic E-state index is -1.87. The maximum Gasteiger partial charge on any atom is 0.326 e. The van der Waals surface area contributed by atoms with Crippen LogP contribution in [0.4, 0.5) is 14.5 Å². The number of carbonyl (C=O) groups excluding carboxylic acids is 1. The molecular weight excluding hydrogens is 683 g/mol. The average molecular weight is 733 g/mol. The number of anilines is 1. The second-order valence-electron chi connectivity index (χ2n) is 14.5. The van der Waals surface area contributed by atoms with Gasteiger partial charge in [0.2, 0.25) is 0 Å². The van der Waals surface area contributed by atoms with E-state index in [1.165, 1.54) is 23.9 Å². The molecule has 0 heterocycles. The number of hydrogen-bond donors (Lipinski definition) is 2. The molecule has 4 aromatic rings. The summed E-state index contributed by atoms with van der Waals surface area (Å²) in [7, 11) is -1.87. The van der Waals surface area contributed by atoms with Gasteiger partial charge in [0, 0.05) is 37.0 Å². The molecule has 0 spiro atoms. The molecule has 0 aliphatic rings. The van der Waals surface area contributed by atoms with E-state index in [9.17, 15) is 23.5 Å². The first-order chi connectivity index (χ1) is 24.1. The van der Waals surface area contributed by atoms with E-state index in [0.29, 0.717) is 42.0 Å². The second-order valence-corrected chi connectivity index (χ2v) is 20.3. The maximum absolute atomic E-state index is 14.3. The van der Waals surface area contributed by atoms with Gasteiger partial charge in [0.15, 0.2) is 8.32 Å². The summed E-state index contributed by atoms with van der Waals surface area (Å²) < 4.78 is 35.0. The lowest BCUT2D eigenvalue weighted by Crippen LogP contribution is -2.41. The Labute approximate surface area is 306 Å². The molecule has 10 heteroatoms. The first-order valence-electron chi connectivity index (χ1n) is 17.2. The van der Waals surface area contributed by atoms with Crippen LogP contribution in [0, 0.1) is 18.6 Å². The second kappa shape index (κ2) is 17.5. The quantitative estimate of drug-likeness (QED) is 0.112. The van der Waals surface area contributed by atoms with Gasteiger partial charge in [-0.25, -0.2) is 13.6 Å². The first kappa shape index (κ1) is 39.8. The topological polar surface area (TPSA) is 78.9 Å². The van der Waals surface area contributed by atoms with Gasteiger partial charge in [0.05, 0.1) is 0 Å². The molecule has 51 heavy (non-hydrogen) atoms. The lowest BCUT2D eigenvalue weighted by Gasteiger charge is -2.36. The number of nitrogens with one attached hydrogen (secondary N) is 1. The van der Waals surface area contributed by atoms with E-state index in [1.54, 1.807) is 6.07 Å². The number of thioether (sulfide) groups is 1. The Kier molecular flexibility index (Phi) is 13.6. The molecular formula is C41H50F2N2O4SSi. The summed E-state index contributed by atoms with van der Waals surface area (Å²) in [5, 5.41) is 12.6. The van der Waals surface area contributed by atoms with Crippen molar-refractivity contribution in [3.05, 3.63) is 124 Å². The van der Waals surface area contributed by atoms with Crippen molar-refractivity contribution in [3.63, 3.8) is 0 Å². The summed E-state index contributed by atoms with van der Waals surface area (Å²) in [6.45, 7) is 14.4. The molecule has 6 nitrogen and oxygen atoms in total. The zero-order valence-electron chi connectivity index (χ0n) is 30.7. The first-order valence-corrected chi connectivity index (χ1v) is 21.5. The van der Waals surface area contributed by atoms with Crippen molar-refractivity contribution in [2.24, 2.45) is 0 Å². The molecule has 0 aliphatic carbocycles. The SMILES string of the molecule is CSCC[C@H](NC(=O)c1ccc(CN(Cc2cc(F)cc(F)c2)c2ccc(CCO[Si](C)(C)C(C)(C)C)cc2)cc1-c1ccccc1C)C(=O)O. The standard InChI is InChI=1S/C41H50F2N2O4SSi/c1-28-10-8-9-11-35(28)37-24-30(14-17-36(37)39(46)44-38(40(47)48)19-21-50-5)26-45(27-31-22-32(42)25-33(43)23-31)34-15-12-29(13-16-34)18-20-49-51(6,7)41(2,3)4/h8-17,22-25,38H,18-21,26-27H2,1-7H3,(H,44,46)(H,47,48)/t38-/m0/s1. The number of carboxylic acids is 1. The predicted octanol–water partition coefficient (Wildman–Crippen LogP) is 9.65. The normalized spacial score (nSPS) is 12.4. The number of aliphatic carboxylic acids is 1. The van der Waals surface area contributed by atoms with Crippen molar-refractivity contribution < 1.29 is 27.9 Å². The summed E-state index contributed by atoms with van der Waals surface area (Å²) in [6, 6.07) is 23.9. The van der Waals surface area contributed by atoms with Gasteiger partial charge >= 0.3 is 5.97 Å². The fraction of sp³-hybridized carbons (Fsp3) is 0.366. The fourth-order valence-electron chi connectivity index (χ4n) is 5.61. The van der Waals surface area contributed by atoms with Crippen LogP contribution in [-0.4, -0.2) is 50.0 Å². The molecule has 0 fully saturated rings. The summed E-state index contributed by atoms with van der Waals surface area (Å²) in [5.41, 5.74) is 6.20. The molecule has 4 rings (SSSR count). The molecule has 0 unspecified atom stereocenters. The molecule has 4 aromatic carbocycles. The third-order valence-corrected chi connectivity index (χ3v) is 14.8. The van der Waals surface area contributed by atoms with Crippen LogP contribution in [0.5, 0.6) is 0 Å². The summed E-state index contributed by atoms with van der Waals surface area (Å²) >= 11 is 1.52. The number of halogens is 2. The van der Waals surface area contributed by atoms with Crippen molar-refractivity contribution in [1.82, 2.24) is 5.32 Å². The highest BCUT2D eigenvalue weighted by molar-refractivity contribution is 7.98. The number of hydrogen-bond acceptors (Lipinski definition) is 5. The van der Waals surface area contributed by atoms with Gasteiger partial charge in [0.1, 0.15) is 17.7 Å². The van der Waals surface area contributed by atoms with Gasteiger partial charge in [-0.2, -0.15) is 11.8 Å². The largest absolute Gasteiger partial charge is 0.480 e. The molecule has 2 N–H and O–H groups in total. The molecule has 0 saturated carbocycles. The number of rotatable bonds is 16. The summed E-state index contributed by atoms with van der Waals surface area (Å²) in [5.74, 6) is -2.23. The number of amides is 1. The summed E-state index contributed by atoms with van der Waals surface area (Å²) in [6.07, 6.45) is 2.97. The zero-order valence-corrected chi connectivity index (χ0v) is 32.5. The van der Waals surface area contributed by atoms with Gasteiger partial charge in [0.25, 0.3) is 5.91 Å². The fourth-order valence-corrected chi connectivity index (χ4v) is 7.13. The molecule has 0 aliphatic heterocycles. The van der Waals surface area contributed by atoms with Crippen molar-refractivity contribution in [1.29, 1.82) is 0 Å². The van der Waals surface area contributed by atoms with Gasteiger partial charge in [-0.1, -0.05) is 63.2 Å². The Morgan fingerprint density at radius 2 is 1.51 bits per heavy atom. The molecule has 1 amide bonds. The van der Waals surface area contributed by atoms with Crippen molar-refractivity contribution >= 4 is 37.6 Å². The Balaban J connectivity index is 1.67. The minimum Gasteiger partial charge on any atom is -0.480 e. The lowest BCUT2D eigenvalue weighted by molar-refractivity contribution is -0.139. The van der Waals surface area contributed by atoms with E-state index < -0.39 is 37.9 Å². The van der Waals surface area contributed by atoms with Gasteiger partial charge < -0.3 is 19.7 Å². The van der Waals surface area contributed by atoms with Crippen LogP contribution in [0.1, 0.15) is 59.8 Å². The van der Waals surface area contributed by atoms with Crippen LogP contribution in [0.15, 0.2) is 84.9 Å². The average Bonchev–Trinajstić information content (AvgIpc) is 3.05. The summed E-state index contributed by atoms with van der Waals surface area (Å²) in [4.78, 5) is 27.6. The van der Waals surface area contributed by atoms with Crippen LogP contribution >= 0.6 is 11.8 Å². The number of benzene rings is 4. The number of aryl methyl sites for hydroxylation is 1. The van der Waals surface area contributed by atoms with Crippen LogP contribution in [0.25, 0.3) is 11.1 Å². The monoisotopic (exact) mass is 732 g/mol. The lowest BCUT2D eigenvalue weighted by atomic mass is 9.93. The minimum absolute atomic E-state index is 0.129. The van der Waals surface area contributed by atoms with E-state index >= 15 is 0 Å². The van der Waals surface area contributed by atoms with Gasteiger partial charge in [-0.15, -0.1) is 0 Å². The molecule has 0 bridgehead atoms. The van der Waals surface area contributed by atoms with Gasteiger partial charge in [-0.3, -0.25) is 4.79 Å². The highest BCUT2D eigenvalue weighted by atomic mass is 32.2. The Hall–Kier alpha value is -3.99. The number of nitrogens with zero attached hydrogens (tertiary/aromatic N) is 1. The van der Waals surface area contributed by atoms with Crippen molar-refractivity contribution in [3.8, 4) is 11.1 Å². The molecule has 0 saturated heterocycles. The molecule has 272 valence electrons. The molecule has 0 aromatic heterocycles. The highest BCUT2D eigenvalue weighted by Crippen LogP contribution is 2.36. The van der Waals surface area contributed by atoms with E-state index in [-0.39, 0.29) is 11.6 Å². The van der Waals surface area contributed by atoms with Gasteiger partial charge in [-0.05, 0) is 120 Å². The van der Waals surface area contributed by atoms with E-state index in [1.807, 2.05) is 66.6 Å². The van der Waals surface area contributed by atoms with E-state index in [0.717, 1.165) is 40.4 Å². The van der Waals surface area contributed by atoms with E-state index in [2.05, 4.69) is 51.3 Å². The third kappa shape index (κ3) is 11.0. The van der Waals surface area contributed by atoms with Crippen LogP contribution in [-0.2, 0) is 28.7 Å². The maximum atomic E-state index is 14.3. The zero-order chi connectivity index (χ0) is 37.3. The number of carboxylic acid groups (broad SMARTS) is 1. The van der Waals surface area contributed by atoms with Crippen LogP contribution < -0.4 is 10.2 Å². The smallest absolute Gasteiger partial charge is 0.326 e. The predicted molar refractivity (Wildman–Crippen MR) is 208 cm³/mol. The Morgan fingerprint density at radius 3 is 2.12 bits per heavy atom. The Bertz CT molecular complexity index is 1790. The van der Waals surface area contributed by atoms with E-state index in [4.69, 9.17) is 4.43 Å². The highest BCUT2D eigenvalue weighted by Gasteiger charge is 2.36. The van der Waals surface area contributed by atoms with Crippen LogP contribution in [0.3, 0.4) is 0 Å². The number of carbonyl (C=O) groups is 2. The molecule has 0 radical (unpaired) electrons. The van der Waals surface area contributed by atoms with Crippen molar-refractivity contribution in [2.75, 3.05) is 23.5 Å². The molecule has 1 atom stereocenters. The van der Waals surface area contributed by atoms with Crippen LogP contribution in [0.2, 0.25) is 18.1 Å².